The quantitative estimate of drug-likeness (QED) is 0.288. The minimum absolute atomic E-state index is 0.0243. The van der Waals surface area contributed by atoms with Crippen molar-refractivity contribution in [3.05, 3.63) is 95.0 Å². The molecule has 1 N–H and O–H groups in total. The predicted octanol–water partition coefficient (Wildman–Crippen LogP) is 5.31. The molecule has 216 valence electrons. The zero-order valence-corrected chi connectivity index (χ0v) is 23.9. The van der Waals surface area contributed by atoms with Crippen LogP contribution in [0.15, 0.2) is 78.3 Å². The number of aromatic nitrogens is 3. The highest BCUT2D eigenvalue weighted by Crippen LogP contribution is 2.47. The smallest absolute Gasteiger partial charge is 0.226 e. The number of rotatable bonds is 9. The van der Waals surface area contributed by atoms with Gasteiger partial charge in [0.25, 0.3) is 0 Å². The summed E-state index contributed by atoms with van der Waals surface area (Å²) in [6.07, 6.45) is 2.40. The number of hydrogen-bond acceptors (Lipinski definition) is 9. The average Bonchev–Trinajstić information content (AvgIpc) is 3.50. The van der Waals surface area contributed by atoms with Crippen LogP contribution in [0.25, 0.3) is 0 Å². The Balaban J connectivity index is 1.37. The second-order valence-corrected chi connectivity index (χ2v) is 10.1. The number of allylic oxidation sites excluding steroid dienone is 2. The van der Waals surface area contributed by atoms with Crippen LogP contribution in [0.5, 0.6) is 28.7 Å². The molecule has 42 heavy (non-hydrogen) atoms. The largest absolute Gasteiger partial charge is 0.493 e. The van der Waals surface area contributed by atoms with Gasteiger partial charge in [0.1, 0.15) is 19.0 Å². The molecule has 1 aliphatic carbocycles. The first-order valence-corrected chi connectivity index (χ1v) is 13.6. The maximum absolute atomic E-state index is 14.0. The average molecular weight is 569 g/mol. The molecule has 0 bridgehead atoms. The fourth-order valence-corrected chi connectivity index (χ4v) is 5.74. The van der Waals surface area contributed by atoms with Crippen molar-refractivity contribution < 1.29 is 28.5 Å². The summed E-state index contributed by atoms with van der Waals surface area (Å²) in [6, 6.07) is 19.0. The Morgan fingerprint density at radius 2 is 1.55 bits per heavy atom. The van der Waals surface area contributed by atoms with Gasteiger partial charge < -0.3 is 29.0 Å². The van der Waals surface area contributed by atoms with Gasteiger partial charge in [-0.05, 0) is 53.3 Å². The highest BCUT2D eigenvalue weighted by molar-refractivity contribution is 6.00. The van der Waals surface area contributed by atoms with Gasteiger partial charge >= 0.3 is 0 Å². The molecule has 0 radical (unpaired) electrons. The number of methoxy groups -OCH3 is 4. The number of Topliss-reactive ketones (excluding diaryl/α,β-unsaturated/α-hetero) is 1. The second-order valence-electron chi connectivity index (χ2n) is 10.1. The van der Waals surface area contributed by atoms with Gasteiger partial charge in [-0.2, -0.15) is 10.1 Å². The first-order valence-electron chi connectivity index (χ1n) is 13.6. The van der Waals surface area contributed by atoms with Crippen molar-refractivity contribution in [1.29, 1.82) is 0 Å². The van der Waals surface area contributed by atoms with Gasteiger partial charge in [0.2, 0.25) is 11.7 Å². The van der Waals surface area contributed by atoms with E-state index in [2.05, 4.69) is 15.4 Å². The van der Waals surface area contributed by atoms with E-state index in [1.807, 2.05) is 60.7 Å². The van der Waals surface area contributed by atoms with E-state index >= 15 is 0 Å². The Morgan fingerprint density at radius 1 is 0.833 bits per heavy atom. The molecule has 0 spiro atoms. The topological polar surface area (TPSA) is 106 Å². The van der Waals surface area contributed by atoms with Crippen molar-refractivity contribution in [2.24, 2.45) is 0 Å². The van der Waals surface area contributed by atoms with Crippen molar-refractivity contribution in [2.75, 3.05) is 33.8 Å². The van der Waals surface area contributed by atoms with E-state index < -0.39 is 6.04 Å². The van der Waals surface area contributed by atoms with Crippen LogP contribution in [0.1, 0.15) is 41.5 Å². The normalized spacial score (nSPS) is 17.6. The molecule has 3 aromatic carbocycles. The predicted molar refractivity (Wildman–Crippen MR) is 156 cm³/mol. The second kappa shape index (κ2) is 11.5. The number of ether oxygens (including phenoxy) is 5. The molecular formula is C32H32N4O6. The van der Waals surface area contributed by atoms with Crippen LogP contribution in [-0.2, 0) is 11.4 Å². The molecule has 2 heterocycles. The van der Waals surface area contributed by atoms with Crippen LogP contribution in [-0.4, -0.2) is 49.0 Å². The lowest BCUT2D eigenvalue weighted by molar-refractivity contribution is -0.116. The van der Waals surface area contributed by atoms with Gasteiger partial charge in [0.05, 0.1) is 28.4 Å². The fraction of sp³-hybridized carbons (Fsp3) is 0.281. The zero-order chi connectivity index (χ0) is 29.2. The number of ketones is 1. The van der Waals surface area contributed by atoms with E-state index in [0.29, 0.717) is 59.7 Å². The molecule has 0 unspecified atom stereocenters. The van der Waals surface area contributed by atoms with Crippen molar-refractivity contribution in [1.82, 2.24) is 14.8 Å². The maximum Gasteiger partial charge on any atom is 0.226 e. The van der Waals surface area contributed by atoms with Crippen molar-refractivity contribution in [3.8, 4) is 28.7 Å². The number of nitrogens with one attached hydrogen (secondary N) is 1. The van der Waals surface area contributed by atoms with Crippen LogP contribution in [0.2, 0.25) is 0 Å². The molecule has 0 fully saturated rings. The standard InChI is InChI=1S/C32H32N4O6/c1-38-25-11-10-20(14-26(25)42-17-19-8-6-5-7-9-19)30-29-23(35-32-33-18-34-36(30)32)12-21(13-24(29)37)22-15-27(39-2)31(41-4)28(16-22)40-3/h5-11,14-16,18,21,30H,12-13,17H2,1-4H3,(H,33,34,35)/t21-,30-/m0/s1. The highest BCUT2D eigenvalue weighted by Gasteiger charge is 2.40. The molecule has 10 nitrogen and oxygen atoms in total. The van der Waals surface area contributed by atoms with Crippen molar-refractivity contribution >= 4 is 11.7 Å². The summed E-state index contributed by atoms with van der Waals surface area (Å²) < 4.78 is 30.2. The Labute approximate surface area is 243 Å². The van der Waals surface area contributed by atoms with Crippen molar-refractivity contribution in [3.63, 3.8) is 0 Å². The molecule has 4 aromatic rings. The van der Waals surface area contributed by atoms with Gasteiger partial charge in [-0.15, -0.1) is 0 Å². The first kappa shape index (κ1) is 27.2. The maximum atomic E-state index is 14.0. The minimum Gasteiger partial charge on any atom is -0.493 e. The number of benzene rings is 3. The third-order valence-electron chi connectivity index (χ3n) is 7.76. The van der Waals surface area contributed by atoms with E-state index in [1.165, 1.54) is 6.33 Å². The van der Waals surface area contributed by atoms with E-state index in [4.69, 9.17) is 23.7 Å². The van der Waals surface area contributed by atoms with Crippen LogP contribution in [0, 0.1) is 0 Å². The highest BCUT2D eigenvalue weighted by atomic mass is 16.5. The van der Waals surface area contributed by atoms with Crippen LogP contribution in [0.4, 0.5) is 5.95 Å². The molecule has 1 aliphatic heterocycles. The SMILES string of the molecule is COc1ccc([C@H]2C3=C(C[C@H](c4cc(OC)c(OC)c(OC)c4)CC3=O)Nc3ncnn32)cc1OCc1ccccc1. The van der Waals surface area contributed by atoms with Gasteiger partial charge in [-0.3, -0.25) is 4.79 Å². The number of nitrogens with zero attached hydrogens (tertiary/aromatic N) is 3. The van der Waals surface area contributed by atoms with Crippen LogP contribution >= 0.6 is 0 Å². The van der Waals surface area contributed by atoms with Crippen LogP contribution in [0.3, 0.4) is 0 Å². The summed E-state index contributed by atoms with van der Waals surface area (Å²) >= 11 is 0. The van der Waals surface area contributed by atoms with Gasteiger partial charge in [0.15, 0.2) is 28.8 Å². The Hall–Kier alpha value is -4.99. The molecule has 0 amide bonds. The number of carbonyl (C=O) groups is 1. The van der Waals surface area contributed by atoms with E-state index in [0.717, 1.165) is 22.4 Å². The molecule has 0 saturated heterocycles. The first-order chi connectivity index (χ1) is 20.5. The van der Waals surface area contributed by atoms with Crippen molar-refractivity contribution in [2.45, 2.75) is 31.4 Å². The Kier molecular flexibility index (Phi) is 7.43. The van der Waals surface area contributed by atoms with E-state index in [1.54, 1.807) is 33.1 Å². The monoisotopic (exact) mass is 568 g/mol. The fourth-order valence-electron chi connectivity index (χ4n) is 5.74. The summed E-state index contributed by atoms with van der Waals surface area (Å²) in [6.45, 7) is 0.380. The summed E-state index contributed by atoms with van der Waals surface area (Å²) in [7, 11) is 6.35. The number of fused-ring (bicyclic) bond motifs is 1. The number of anilines is 1. The lowest BCUT2D eigenvalue weighted by Crippen LogP contribution is -2.33. The molecule has 2 atom stereocenters. The summed E-state index contributed by atoms with van der Waals surface area (Å²) in [5, 5.41) is 7.86. The zero-order valence-electron chi connectivity index (χ0n) is 23.9. The van der Waals surface area contributed by atoms with Crippen LogP contribution < -0.4 is 29.0 Å². The molecule has 10 heteroatoms. The Bertz CT molecular complexity index is 1620. The number of hydrogen-bond donors (Lipinski definition) is 1. The Morgan fingerprint density at radius 3 is 2.24 bits per heavy atom. The lowest BCUT2D eigenvalue weighted by Gasteiger charge is -2.35. The number of carbonyl (C=O) groups excluding carboxylic acids is 1. The summed E-state index contributed by atoms with van der Waals surface area (Å²) in [5.74, 6) is 3.29. The minimum atomic E-state index is -0.475. The molecule has 6 rings (SSSR count). The summed E-state index contributed by atoms with van der Waals surface area (Å²) in [5.41, 5.74) is 4.29. The van der Waals surface area contributed by atoms with Gasteiger partial charge in [0, 0.05) is 17.7 Å². The lowest BCUT2D eigenvalue weighted by atomic mass is 9.77. The summed E-state index contributed by atoms with van der Waals surface area (Å²) in [4.78, 5) is 18.4. The van der Waals surface area contributed by atoms with E-state index in [9.17, 15) is 4.79 Å². The molecular weight excluding hydrogens is 536 g/mol. The third kappa shape index (κ3) is 4.89. The molecule has 2 aliphatic rings. The van der Waals surface area contributed by atoms with Gasteiger partial charge in [-0.25, -0.2) is 4.68 Å². The molecule has 1 aromatic heterocycles. The third-order valence-corrected chi connectivity index (χ3v) is 7.76. The van der Waals surface area contributed by atoms with Gasteiger partial charge in [-0.1, -0.05) is 36.4 Å². The molecule has 0 saturated carbocycles. The van der Waals surface area contributed by atoms with E-state index in [-0.39, 0.29) is 11.7 Å².